The van der Waals surface area contributed by atoms with Crippen molar-refractivity contribution < 1.29 is 9.84 Å². The maximum absolute atomic E-state index is 9.28. The molecule has 0 saturated heterocycles. The summed E-state index contributed by atoms with van der Waals surface area (Å²) in [6, 6.07) is 11.0. The fourth-order valence-corrected chi connectivity index (χ4v) is 2.09. The van der Waals surface area contributed by atoms with Crippen molar-refractivity contribution in [2.75, 3.05) is 7.11 Å². The normalized spacial score (nSPS) is 10.8. The van der Waals surface area contributed by atoms with Crippen LogP contribution in [-0.2, 0) is 6.42 Å². The van der Waals surface area contributed by atoms with E-state index in [0.29, 0.717) is 0 Å². The predicted octanol–water partition coefficient (Wildman–Crippen LogP) is 2.64. The third-order valence-electron chi connectivity index (χ3n) is 3.11. The van der Waals surface area contributed by atoms with Gasteiger partial charge >= 0.3 is 0 Å². The Morgan fingerprint density at radius 2 is 2.00 bits per heavy atom. The van der Waals surface area contributed by atoms with Crippen LogP contribution in [0.2, 0.25) is 0 Å². The number of imidazole rings is 1. The Kier molecular flexibility index (Phi) is 2.83. The highest BCUT2D eigenvalue weighted by Gasteiger charge is 2.05. The third-order valence-corrected chi connectivity index (χ3v) is 3.11. The summed E-state index contributed by atoms with van der Waals surface area (Å²) < 4.78 is 7.23. The van der Waals surface area contributed by atoms with Gasteiger partial charge in [0.25, 0.3) is 0 Å². The maximum Gasteiger partial charge on any atom is 0.122 e. The molecular weight excluding hydrogens is 240 g/mol. The van der Waals surface area contributed by atoms with E-state index in [0.717, 1.165) is 29.1 Å². The molecule has 3 rings (SSSR count). The molecule has 0 unspecified atom stereocenters. The van der Waals surface area contributed by atoms with Crippen LogP contribution in [0, 0.1) is 0 Å². The first-order chi connectivity index (χ1) is 9.26. The second-order valence-corrected chi connectivity index (χ2v) is 4.38. The predicted molar refractivity (Wildman–Crippen MR) is 72.7 cm³/mol. The van der Waals surface area contributed by atoms with Crippen LogP contribution in [0.5, 0.6) is 11.5 Å². The Morgan fingerprint density at radius 1 is 1.21 bits per heavy atom. The topological polar surface area (TPSA) is 46.8 Å². The number of benzene rings is 1. The molecule has 0 saturated carbocycles. The van der Waals surface area contributed by atoms with E-state index < -0.39 is 0 Å². The van der Waals surface area contributed by atoms with Gasteiger partial charge in [0.1, 0.15) is 17.3 Å². The van der Waals surface area contributed by atoms with Crippen LogP contribution in [0.3, 0.4) is 0 Å². The van der Waals surface area contributed by atoms with Gasteiger partial charge in [0.15, 0.2) is 0 Å². The molecule has 4 heteroatoms. The quantitative estimate of drug-likeness (QED) is 0.781. The van der Waals surface area contributed by atoms with Gasteiger partial charge in [0.05, 0.1) is 18.8 Å². The fourth-order valence-electron chi connectivity index (χ4n) is 2.09. The van der Waals surface area contributed by atoms with E-state index in [2.05, 4.69) is 4.98 Å². The number of phenols is 1. The second kappa shape index (κ2) is 4.65. The van der Waals surface area contributed by atoms with Crippen molar-refractivity contribution in [2.24, 2.45) is 0 Å². The van der Waals surface area contributed by atoms with Gasteiger partial charge in [-0.2, -0.15) is 0 Å². The first-order valence-electron chi connectivity index (χ1n) is 6.04. The number of aromatic nitrogens is 2. The zero-order valence-corrected chi connectivity index (χ0v) is 10.6. The Hall–Kier alpha value is -2.49. The number of hydrogen-bond donors (Lipinski definition) is 1. The van der Waals surface area contributed by atoms with Gasteiger partial charge in [-0.15, -0.1) is 0 Å². The SMILES string of the molecule is COc1ccn2c(Cc3ccc(O)cc3)ncc2c1. The first-order valence-corrected chi connectivity index (χ1v) is 6.04. The first kappa shape index (κ1) is 11.6. The Labute approximate surface area is 110 Å². The van der Waals surface area contributed by atoms with E-state index in [9.17, 15) is 5.11 Å². The lowest BCUT2D eigenvalue weighted by Crippen LogP contribution is -1.96. The summed E-state index contributed by atoms with van der Waals surface area (Å²) >= 11 is 0. The maximum atomic E-state index is 9.28. The van der Waals surface area contributed by atoms with Crippen molar-refractivity contribution in [2.45, 2.75) is 6.42 Å². The van der Waals surface area contributed by atoms with Gasteiger partial charge < -0.3 is 14.2 Å². The van der Waals surface area contributed by atoms with Gasteiger partial charge in [0, 0.05) is 18.7 Å². The minimum absolute atomic E-state index is 0.279. The molecule has 3 aromatic rings. The molecule has 0 radical (unpaired) electrons. The van der Waals surface area contributed by atoms with E-state index in [4.69, 9.17) is 4.74 Å². The molecule has 0 amide bonds. The molecule has 19 heavy (non-hydrogen) atoms. The molecule has 0 spiro atoms. The Balaban J connectivity index is 1.95. The number of phenolic OH excluding ortho intramolecular Hbond substituents is 1. The number of ether oxygens (including phenoxy) is 1. The lowest BCUT2D eigenvalue weighted by molar-refractivity contribution is 0.414. The van der Waals surface area contributed by atoms with Gasteiger partial charge in [-0.05, 0) is 23.8 Å². The van der Waals surface area contributed by atoms with Crippen LogP contribution < -0.4 is 4.74 Å². The Bertz CT molecular complexity index is 702. The molecule has 1 N–H and O–H groups in total. The third kappa shape index (κ3) is 2.25. The summed E-state index contributed by atoms with van der Waals surface area (Å²) in [4.78, 5) is 4.43. The number of fused-ring (bicyclic) bond motifs is 1. The molecule has 0 bridgehead atoms. The van der Waals surface area contributed by atoms with E-state index in [1.165, 1.54) is 0 Å². The minimum Gasteiger partial charge on any atom is -0.508 e. The lowest BCUT2D eigenvalue weighted by Gasteiger charge is -2.04. The van der Waals surface area contributed by atoms with Crippen LogP contribution in [-0.4, -0.2) is 21.6 Å². The summed E-state index contributed by atoms with van der Waals surface area (Å²) in [6.07, 6.45) is 4.51. The van der Waals surface area contributed by atoms with Crippen molar-refractivity contribution in [3.05, 3.63) is 60.2 Å². The zero-order chi connectivity index (χ0) is 13.2. The van der Waals surface area contributed by atoms with Crippen LogP contribution in [0.15, 0.2) is 48.8 Å². The molecule has 0 atom stereocenters. The number of rotatable bonds is 3. The smallest absolute Gasteiger partial charge is 0.122 e. The van der Waals surface area contributed by atoms with Crippen molar-refractivity contribution in [3.8, 4) is 11.5 Å². The summed E-state index contributed by atoms with van der Waals surface area (Å²) in [7, 11) is 1.65. The lowest BCUT2D eigenvalue weighted by atomic mass is 10.1. The molecule has 96 valence electrons. The molecule has 0 fully saturated rings. The molecule has 4 nitrogen and oxygen atoms in total. The number of nitrogens with zero attached hydrogens (tertiary/aromatic N) is 2. The molecular formula is C15H14N2O2. The molecule has 1 aromatic carbocycles. The number of pyridine rings is 1. The summed E-state index contributed by atoms with van der Waals surface area (Å²) in [5.74, 6) is 2.06. The standard InChI is InChI=1S/C15H14N2O2/c1-19-14-6-7-17-12(9-14)10-16-15(17)8-11-2-4-13(18)5-3-11/h2-7,9-10,18H,8H2,1H3. The number of aromatic hydroxyl groups is 1. The summed E-state index contributed by atoms with van der Waals surface area (Å²) in [6.45, 7) is 0. The van der Waals surface area contributed by atoms with Crippen LogP contribution in [0.1, 0.15) is 11.4 Å². The van der Waals surface area contributed by atoms with E-state index in [-0.39, 0.29) is 5.75 Å². The summed E-state index contributed by atoms with van der Waals surface area (Å²) in [5.41, 5.74) is 2.12. The Morgan fingerprint density at radius 3 is 2.74 bits per heavy atom. The van der Waals surface area contributed by atoms with Gasteiger partial charge in [0.2, 0.25) is 0 Å². The van der Waals surface area contributed by atoms with Crippen molar-refractivity contribution >= 4 is 5.52 Å². The highest BCUT2D eigenvalue weighted by Crippen LogP contribution is 2.18. The molecule has 0 aliphatic rings. The number of methoxy groups -OCH3 is 1. The average Bonchev–Trinajstić information content (AvgIpc) is 2.83. The van der Waals surface area contributed by atoms with Gasteiger partial charge in [-0.3, -0.25) is 0 Å². The van der Waals surface area contributed by atoms with Crippen molar-refractivity contribution in [3.63, 3.8) is 0 Å². The highest BCUT2D eigenvalue weighted by molar-refractivity contribution is 5.51. The second-order valence-electron chi connectivity index (χ2n) is 4.38. The largest absolute Gasteiger partial charge is 0.508 e. The summed E-state index contributed by atoms with van der Waals surface area (Å²) in [5, 5.41) is 9.28. The average molecular weight is 254 g/mol. The van der Waals surface area contributed by atoms with Crippen LogP contribution >= 0.6 is 0 Å². The van der Waals surface area contributed by atoms with Crippen molar-refractivity contribution in [1.29, 1.82) is 0 Å². The van der Waals surface area contributed by atoms with Gasteiger partial charge in [-0.25, -0.2) is 4.98 Å². The molecule has 2 heterocycles. The van der Waals surface area contributed by atoms with Crippen molar-refractivity contribution in [1.82, 2.24) is 9.38 Å². The van der Waals surface area contributed by atoms with E-state index in [1.807, 2.05) is 41.1 Å². The molecule has 0 aliphatic heterocycles. The van der Waals surface area contributed by atoms with Crippen LogP contribution in [0.25, 0.3) is 5.52 Å². The fraction of sp³-hybridized carbons (Fsp3) is 0.133. The monoisotopic (exact) mass is 254 g/mol. The minimum atomic E-state index is 0.279. The van der Waals surface area contributed by atoms with E-state index >= 15 is 0 Å². The number of hydrogen-bond acceptors (Lipinski definition) is 3. The zero-order valence-electron chi connectivity index (χ0n) is 10.6. The van der Waals surface area contributed by atoms with Gasteiger partial charge in [-0.1, -0.05) is 12.1 Å². The molecule has 2 aromatic heterocycles. The van der Waals surface area contributed by atoms with E-state index in [1.54, 1.807) is 19.2 Å². The highest BCUT2D eigenvalue weighted by atomic mass is 16.5. The van der Waals surface area contributed by atoms with Crippen LogP contribution in [0.4, 0.5) is 0 Å². The molecule has 0 aliphatic carbocycles.